The Morgan fingerprint density at radius 2 is 1.80 bits per heavy atom. The molecule has 3 heteroatoms. The first-order valence-electron chi connectivity index (χ1n) is 6.31. The highest BCUT2D eigenvalue weighted by atomic mass is 32.2. The largest absolute Gasteiger partial charge is 0.466 e. The van der Waals surface area contributed by atoms with Crippen LogP contribution in [-0.2, 0) is 15.3 Å². The third-order valence-electron chi connectivity index (χ3n) is 2.76. The quantitative estimate of drug-likeness (QED) is 0.468. The van der Waals surface area contributed by atoms with Crippen LogP contribution in [0.1, 0.15) is 11.1 Å². The molecular weight excluding hydrogens is 268 g/mol. The van der Waals surface area contributed by atoms with Crippen LogP contribution >= 0.6 is 11.8 Å². The number of rotatable bonds is 5. The number of methoxy groups -OCH3 is 1. The molecule has 2 nitrogen and oxygen atoms in total. The highest BCUT2D eigenvalue weighted by Crippen LogP contribution is 2.27. The van der Waals surface area contributed by atoms with Gasteiger partial charge >= 0.3 is 5.97 Å². The molecule has 0 aromatic heterocycles. The Labute approximate surface area is 123 Å². The van der Waals surface area contributed by atoms with Crippen molar-refractivity contribution < 1.29 is 9.53 Å². The van der Waals surface area contributed by atoms with E-state index in [0.717, 1.165) is 16.2 Å². The lowest BCUT2D eigenvalue weighted by molar-refractivity contribution is -0.134. The van der Waals surface area contributed by atoms with E-state index in [1.165, 1.54) is 18.7 Å². The number of thioether (sulfide) groups is 1. The first-order chi connectivity index (χ1) is 9.79. The zero-order chi connectivity index (χ0) is 14.2. The molecular formula is C17H16O2S. The van der Waals surface area contributed by atoms with Crippen LogP contribution in [0, 0.1) is 0 Å². The predicted molar refractivity (Wildman–Crippen MR) is 83.5 cm³/mol. The molecule has 2 rings (SSSR count). The van der Waals surface area contributed by atoms with Crippen LogP contribution in [0.4, 0.5) is 0 Å². The highest BCUT2D eigenvalue weighted by molar-refractivity contribution is 7.98. The van der Waals surface area contributed by atoms with Gasteiger partial charge in [-0.25, -0.2) is 4.79 Å². The average molecular weight is 284 g/mol. The van der Waals surface area contributed by atoms with Gasteiger partial charge in [0.05, 0.1) is 7.11 Å². The molecule has 0 fully saturated rings. The van der Waals surface area contributed by atoms with E-state index >= 15 is 0 Å². The van der Waals surface area contributed by atoms with Crippen LogP contribution in [0.5, 0.6) is 0 Å². The van der Waals surface area contributed by atoms with Gasteiger partial charge < -0.3 is 4.74 Å². The molecule has 0 bridgehead atoms. The average Bonchev–Trinajstić information content (AvgIpc) is 2.52. The summed E-state index contributed by atoms with van der Waals surface area (Å²) in [7, 11) is 1.38. The standard InChI is InChI=1S/C17H16O2S/c1-19-17(18)12-11-15-9-5-6-10-16(15)20-13-14-7-3-2-4-8-14/h2-12H,13H2,1H3. The van der Waals surface area contributed by atoms with Gasteiger partial charge in [0.1, 0.15) is 0 Å². The number of carbonyl (C=O) groups is 1. The maximum atomic E-state index is 11.2. The van der Waals surface area contributed by atoms with Crippen LogP contribution in [-0.4, -0.2) is 13.1 Å². The highest BCUT2D eigenvalue weighted by Gasteiger charge is 2.01. The van der Waals surface area contributed by atoms with Gasteiger partial charge in [-0.3, -0.25) is 0 Å². The molecule has 0 amide bonds. The molecule has 0 N–H and O–H groups in total. The van der Waals surface area contributed by atoms with Crippen LogP contribution in [0.15, 0.2) is 65.6 Å². The number of hydrogen-bond donors (Lipinski definition) is 0. The van der Waals surface area contributed by atoms with E-state index in [4.69, 9.17) is 0 Å². The van der Waals surface area contributed by atoms with Gasteiger partial charge in [0.15, 0.2) is 0 Å². The lowest BCUT2D eigenvalue weighted by Crippen LogP contribution is -1.93. The van der Waals surface area contributed by atoms with Crippen LogP contribution in [0.25, 0.3) is 6.08 Å². The number of esters is 1. The van der Waals surface area contributed by atoms with E-state index in [9.17, 15) is 4.79 Å². The van der Waals surface area contributed by atoms with E-state index in [2.05, 4.69) is 22.9 Å². The minimum atomic E-state index is -0.340. The van der Waals surface area contributed by atoms with Crippen LogP contribution in [0.3, 0.4) is 0 Å². The summed E-state index contributed by atoms with van der Waals surface area (Å²) in [6.45, 7) is 0. The third kappa shape index (κ3) is 4.28. The molecule has 0 saturated carbocycles. The van der Waals surface area contributed by atoms with Gasteiger partial charge in [-0.05, 0) is 23.3 Å². The Morgan fingerprint density at radius 1 is 1.10 bits per heavy atom. The SMILES string of the molecule is COC(=O)C=Cc1ccccc1SCc1ccccc1. The Hall–Kier alpha value is -2.00. The molecule has 0 aliphatic carbocycles. The molecule has 0 heterocycles. The predicted octanol–water partition coefficient (Wildman–Crippen LogP) is 4.17. The van der Waals surface area contributed by atoms with Crippen molar-refractivity contribution in [3.05, 3.63) is 71.8 Å². The normalized spacial score (nSPS) is 10.7. The van der Waals surface area contributed by atoms with Crippen molar-refractivity contribution in [1.82, 2.24) is 0 Å². The van der Waals surface area contributed by atoms with E-state index in [0.29, 0.717) is 0 Å². The van der Waals surface area contributed by atoms with Crippen LogP contribution < -0.4 is 0 Å². The molecule has 20 heavy (non-hydrogen) atoms. The first kappa shape index (κ1) is 14.4. The Morgan fingerprint density at radius 3 is 2.55 bits per heavy atom. The van der Waals surface area contributed by atoms with Gasteiger partial charge in [0, 0.05) is 16.7 Å². The second-order valence-electron chi connectivity index (χ2n) is 4.17. The molecule has 0 spiro atoms. The molecule has 0 aliphatic heterocycles. The lowest BCUT2D eigenvalue weighted by atomic mass is 10.2. The maximum absolute atomic E-state index is 11.2. The maximum Gasteiger partial charge on any atom is 0.330 e. The van der Waals surface area contributed by atoms with Crippen LogP contribution in [0.2, 0.25) is 0 Å². The number of benzene rings is 2. The van der Waals surface area contributed by atoms with Gasteiger partial charge in [-0.15, -0.1) is 11.8 Å². The lowest BCUT2D eigenvalue weighted by Gasteiger charge is -2.05. The molecule has 0 saturated heterocycles. The zero-order valence-corrected chi connectivity index (χ0v) is 12.1. The molecule has 0 radical (unpaired) electrons. The fourth-order valence-corrected chi connectivity index (χ4v) is 2.70. The van der Waals surface area contributed by atoms with E-state index in [-0.39, 0.29) is 5.97 Å². The van der Waals surface area contributed by atoms with E-state index in [1.807, 2.05) is 36.4 Å². The van der Waals surface area contributed by atoms with E-state index < -0.39 is 0 Å². The van der Waals surface area contributed by atoms with Crippen molar-refractivity contribution in [2.45, 2.75) is 10.6 Å². The summed E-state index contributed by atoms with van der Waals surface area (Å²) < 4.78 is 4.61. The van der Waals surface area contributed by atoms with Gasteiger partial charge in [-0.1, -0.05) is 48.5 Å². The summed E-state index contributed by atoms with van der Waals surface area (Å²) >= 11 is 1.76. The second kappa shape index (κ2) is 7.56. The molecule has 2 aromatic rings. The number of ether oxygens (including phenoxy) is 1. The van der Waals surface area contributed by atoms with Crippen molar-refractivity contribution in [3.63, 3.8) is 0 Å². The third-order valence-corrected chi connectivity index (χ3v) is 3.92. The van der Waals surface area contributed by atoms with Gasteiger partial charge in [-0.2, -0.15) is 0 Å². The van der Waals surface area contributed by atoms with Gasteiger partial charge in [0.25, 0.3) is 0 Å². The summed E-state index contributed by atoms with van der Waals surface area (Å²) in [5.74, 6) is 0.567. The Kier molecular flexibility index (Phi) is 5.44. The molecule has 102 valence electrons. The topological polar surface area (TPSA) is 26.3 Å². The molecule has 0 atom stereocenters. The second-order valence-corrected chi connectivity index (χ2v) is 5.19. The minimum absolute atomic E-state index is 0.340. The van der Waals surface area contributed by atoms with Crippen molar-refractivity contribution in [1.29, 1.82) is 0 Å². The molecule has 2 aromatic carbocycles. The Balaban J connectivity index is 2.08. The number of hydrogen-bond acceptors (Lipinski definition) is 3. The smallest absolute Gasteiger partial charge is 0.330 e. The molecule has 0 aliphatic rings. The monoisotopic (exact) mass is 284 g/mol. The fourth-order valence-electron chi connectivity index (χ4n) is 1.71. The fraction of sp³-hybridized carbons (Fsp3) is 0.118. The van der Waals surface area contributed by atoms with Crippen molar-refractivity contribution in [2.75, 3.05) is 7.11 Å². The summed E-state index contributed by atoms with van der Waals surface area (Å²) in [5.41, 5.74) is 2.31. The Bertz CT molecular complexity index is 591. The minimum Gasteiger partial charge on any atom is -0.466 e. The van der Waals surface area contributed by atoms with Crippen molar-refractivity contribution in [2.24, 2.45) is 0 Å². The summed E-state index contributed by atoms with van der Waals surface area (Å²) in [6.07, 6.45) is 3.24. The first-order valence-corrected chi connectivity index (χ1v) is 7.30. The number of carbonyl (C=O) groups excluding carboxylic acids is 1. The summed E-state index contributed by atoms with van der Waals surface area (Å²) in [4.78, 5) is 12.3. The summed E-state index contributed by atoms with van der Waals surface area (Å²) in [5, 5.41) is 0. The molecule has 0 unspecified atom stereocenters. The zero-order valence-electron chi connectivity index (χ0n) is 11.3. The summed E-state index contributed by atoms with van der Waals surface area (Å²) in [6, 6.07) is 18.3. The van der Waals surface area contributed by atoms with E-state index in [1.54, 1.807) is 17.8 Å². The van der Waals surface area contributed by atoms with Crippen molar-refractivity contribution in [3.8, 4) is 0 Å². The van der Waals surface area contributed by atoms with Gasteiger partial charge in [0.2, 0.25) is 0 Å². The van der Waals surface area contributed by atoms with Crippen molar-refractivity contribution >= 4 is 23.8 Å².